The maximum atomic E-state index is 13.3. The van der Waals surface area contributed by atoms with E-state index in [0.29, 0.717) is 10.6 Å². The summed E-state index contributed by atoms with van der Waals surface area (Å²) in [6.45, 7) is 0.173. The summed E-state index contributed by atoms with van der Waals surface area (Å²) in [5.41, 5.74) is -1.62. The van der Waals surface area contributed by atoms with Crippen LogP contribution in [-0.2, 0) is 20.6 Å². The van der Waals surface area contributed by atoms with E-state index in [2.05, 4.69) is 30.9 Å². The first-order chi connectivity index (χ1) is 16.1. The molecule has 4 heterocycles. The first kappa shape index (κ1) is 22.9. The SMILES string of the molecule is Cn1cc(CNC(=O)c2c(NC(=O)c3cc4nc(C(F)F)cc(C(F)F)n4n3)cnn2C)cn1. The summed E-state index contributed by atoms with van der Waals surface area (Å²) < 4.78 is 56.2. The average molecular weight is 479 g/mol. The largest absolute Gasteiger partial charge is 0.346 e. The molecule has 0 aromatic carbocycles. The molecule has 0 radical (unpaired) electrons. The van der Waals surface area contributed by atoms with Gasteiger partial charge >= 0.3 is 0 Å². The first-order valence-electron chi connectivity index (χ1n) is 9.70. The van der Waals surface area contributed by atoms with Crippen LogP contribution < -0.4 is 10.6 Å². The predicted octanol–water partition coefficient (Wildman–Crippen LogP) is 2.25. The first-order valence-corrected chi connectivity index (χ1v) is 9.70. The van der Waals surface area contributed by atoms with Crippen LogP contribution in [0.2, 0.25) is 0 Å². The van der Waals surface area contributed by atoms with Gasteiger partial charge in [-0.25, -0.2) is 27.1 Å². The molecule has 0 unspecified atom stereocenters. The number of nitrogens with zero attached hydrogens (tertiary/aromatic N) is 7. The molecule has 11 nitrogen and oxygen atoms in total. The molecule has 0 saturated heterocycles. The minimum Gasteiger partial charge on any atom is -0.346 e. The number of rotatable bonds is 7. The van der Waals surface area contributed by atoms with Gasteiger partial charge in [0.05, 0.1) is 18.1 Å². The summed E-state index contributed by atoms with van der Waals surface area (Å²) in [4.78, 5) is 29.0. The lowest BCUT2D eigenvalue weighted by Gasteiger charge is -2.08. The molecule has 0 aliphatic heterocycles. The Bertz CT molecular complexity index is 1380. The van der Waals surface area contributed by atoms with Gasteiger partial charge in [0.15, 0.2) is 11.3 Å². The lowest BCUT2D eigenvalue weighted by atomic mass is 10.3. The molecule has 0 saturated carbocycles. The Balaban J connectivity index is 1.57. The van der Waals surface area contributed by atoms with Crippen LogP contribution in [0.15, 0.2) is 30.7 Å². The topological polar surface area (TPSA) is 124 Å². The number of carbonyl (C=O) groups is 2. The number of amides is 2. The zero-order chi connectivity index (χ0) is 24.6. The molecule has 2 N–H and O–H groups in total. The van der Waals surface area contributed by atoms with Gasteiger partial charge in [-0.3, -0.25) is 19.0 Å². The highest BCUT2D eigenvalue weighted by Crippen LogP contribution is 2.25. The van der Waals surface area contributed by atoms with Gasteiger partial charge in [-0.15, -0.1) is 0 Å². The molecule has 0 aliphatic rings. The number of fused-ring (bicyclic) bond motifs is 1. The fourth-order valence-electron chi connectivity index (χ4n) is 3.21. The fraction of sp³-hybridized carbons (Fsp3) is 0.263. The zero-order valence-corrected chi connectivity index (χ0v) is 17.7. The summed E-state index contributed by atoms with van der Waals surface area (Å²) in [5, 5.41) is 16.9. The van der Waals surface area contributed by atoms with Crippen LogP contribution in [0.3, 0.4) is 0 Å². The summed E-state index contributed by atoms with van der Waals surface area (Å²) in [6, 6.07) is 1.52. The second kappa shape index (κ2) is 8.92. The Hall–Kier alpha value is -4.30. The van der Waals surface area contributed by atoms with Crippen molar-refractivity contribution in [3.63, 3.8) is 0 Å². The van der Waals surface area contributed by atoms with Crippen molar-refractivity contribution < 1.29 is 27.2 Å². The van der Waals surface area contributed by atoms with Crippen LogP contribution in [0, 0.1) is 0 Å². The van der Waals surface area contributed by atoms with Crippen molar-refractivity contribution in [3.8, 4) is 0 Å². The Kier molecular flexibility index (Phi) is 6.00. The molecule has 0 bridgehead atoms. The summed E-state index contributed by atoms with van der Waals surface area (Å²) in [5.74, 6) is -1.42. The molecule has 4 aromatic heterocycles. The van der Waals surface area contributed by atoms with Gasteiger partial charge < -0.3 is 10.6 Å². The molecule has 0 atom stereocenters. The second-order valence-electron chi connectivity index (χ2n) is 7.20. The molecule has 34 heavy (non-hydrogen) atoms. The summed E-state index contributed by atoms with van der Waals surface area (Å²) in [6.07, 6.45) is -1.69. The molecule has 4 aromatic rings. The molecule has 178 valence electrons. The highest BCUT2D eigenvalue weighted by molar-refractivity contribution is 6.07. The molecule has 2 amide bonds. The van der Waals surface area contributed by atoms with E-state index in [4.69, 9.17) is 0 Å². The van der Waals surface area contributed by atoms with Crippen LogP contribution >= 0.6 is 0 Å². The highest BCUT2D eigenvalue weighted by atomic mass is 19.3. The van der Waals surface area contributed by atoms with Crippen molar-refractivity contribution in [2.24, 2.45) is 14.1 Å². The van der Waals surface area contributed by atoms with Gasteiger partial charge in [0.1, 0.15) is 17.1 Å². The Morgan fingerprint density at radius 2 is 1.79 bits per heavy atom. The van der Waals surface area contributed by atoms with E-state index in [9.17, 15) is 27.2 Å². The van der Waals surface area contributed by atoms with Gasteiger partial charge in [-0.05, 0) is 6.07 Å². The van der Waals surface area contributed by atoms with Crippen molar-refractivity contribution >= 4 is 23.1 Å². The lowest BCUT2D eigenvalue weighted by molar-refractivity contribution is 0.0942. The number of hydrogen-bond acceptors (Lipinski definition) is 6. The van der Waals surface area contributed by atoms with Crippen molar-refractivity contribution in [1.29, 1.82) is 0 Å². The van der Waals surface area contributed by atoms with E-state index in [1.54, 1.807) is 24.1 Å². The molecular weight excluding hydrogens is 462 g/mol. The number of halogens is 4. The average Bonchev–Trinajstić information content (AvgIpc) is 3.49. The van der Waals surface area contributed by atoms with Gasteiger partial charge in [-0.2, -0.15) is 15.3 Å². The van der Waals surface area contributed by atoms with Gasteiger partial charge in [0.25, 0.3) is 24.7 Å². The van der Waals surface area contributed by atoms with Crippen molar-refractivity contribution in [2.45, 2.75) is 19.4 Å². The van der Waals surface area contributed by atoms with E-state index in [1.807, 2.05) is 0 Å². The molecule has 4 rings (SSSR count). The predicted molar refractivity (Wildman–Crippen MR) is 108 cm³/mol. The minimum absolute atomic E-state index is 0.0207. The van der Waals surface area contributed by atoms with Gasteiger partial charge in [0.2, 0.25) is 0 Å². The van der Waals surface area contributed by atoms with Gasteiger partial charge in [0, 0.05) is 38.5 Å². The molecule has 0 spiro atoms. The highest BCUT2D eigenvalue weighted by Gasteiger charge is 2.24. The van der Waals surface area contributed by atoms with Gasteiger partial charge in [-0.1, -0.05) is 0 Å². The number of nitrogens with one attached hydrogen (secondary N) is 2. The van der Waals surface area contributed by atoms with Crippen molar-refractivity contribution in [3.05, 3.63) is 59.1 Å². The Labute approximate surface area is 188 Å². The number of carbonyl (C=O) groups excluding carboxylic acids is 2. The Morgan fingerprint density at radius 1 is 1.03 bits per heavy atom. The van der Waals surface area contributed by atoms with E-state index in [1.165, 1.54) is 17.9 Å². The third kappa shape index (κ3) is 4.44. The van der Waals surface area contributed by atoms with Crippen LogP contribution in [0.1, 0.15) is 50.8 Å². The van der Waals surface area contributed by atoms with E-state index >= 15 is 0 Å². The quantitative estimate of drug-likeness (QED) is 0.392. The van der Waals surface area contributed by atoms with E-state index in [0.717, 1.165) is 11.6 Å². The zero-order valence-electron chi connectivity index (χ0n) is 17.7. The van der Waals surface area contributed by atoms with E-state index in [-0.39, 0.29) is 29.3 Å². The molecule has 0 aliphatic carbocycles. The Morgan fingerprint density at radius 3 is 2.44 bits per heavy atom. The number of alkyl halides is 4. The fourth-order valence-corrected chi connectivity index (χ4v) is 3.21. The number of aromatic nitrogens is 7. The molecular formula is C19H17F4N9O2. The monoisotopic (exact) mass is 479 g/mol. The van der Waals surface area contributed by atoms with Crippen molar-refractivity contribution in [2.75, 3.05) is 5.32 Å². The standard InChI is InChI=1S/C19H17F4N9O2/c1-30-8-9(6-25-30)5-24-19(34)15-12(7-26-31(15)2)28-18(33)11-4-14-27-10(16(20)21)3-13(17(22)23)32(14)29-11/h3-4,6-8,16-17H,5H2,1-2H3,(H,24,34)(H,28,33). The minimum atomic E-state index is -3.13. The maximum Gasteiger partial charge on any atom is 0.280 e. The van der Waals surface area contributed by atoms with E-state index < -0.39 is 36.1 Å². The van der Waals surface area contributed by atoms with Crippen LogP contribution in [-0.4, -0.2) is 46.0 Å². The maximum absolute atomic E-state index is 13.3. The lowest BCUT2D eigenvalue weighted by Crippen LogP contribution is -2.26. The third-order valence-electron chi connectivity index (χ3n) is 4.77. The van der Waals surface area contributed by atoms with Crippen LogP contribution in [0.5, 0.6) is 0 Å². The number of hydrogen-bond donors (Lipinski definition) is 2. The number of aryl methyl sites for hydroxylation is 2. The van der Waals surface area contributed by atoms with Crippen molar-refractivity contribution in [1.82, 2.24) is 39.5 Å². The smallest absolute Gasteiger partial charge is 0.280 e. The second-order valence-corrected chi connectivity index (χ2v) is 7.20. The summed E-state index contributed by atoms with van der Waals surface area (Å²) >= 11 is 0. The molecule has 0 fully saturated rings. The third-order valence-corrected chi connectivity index (χ3v) is 4.77. The summed E-state index contributed by atoms with van der Waals surface area (Å²) in [7, 11) is 3.22. The normalized spacial score (nSPS) is 11.5. The van der Waals surface area contributed by atoms with Crippen LogP contribution in [0.25, 0.3) is 5.65 Å². The number of anilines is 1. The van der Waals surface area contributed by atoms with Crippen LogP contribution in [0.4, 0.5) is 23.2 Å². The molecule has 15 heteroatoms.